The van der Waals surface area contributed by atoms with Crippen LogP contribution in [-0.4, -0.2) is 21.3 Å². The van der Waals surface area contributed by atoms with E-state index in [0.29, 0.717) is 17.8 Å². The van der Waals surface area contributed by atoms with Crippen molar-refractivity contribution in [2.75, 3.05) is 11.5 Å². The molecule has 0 saturated heterocycles. The summed E-state index contributed by atoms with van der Waals surface area (Å²) in [4.78, 5) is 16.1. The highest BCUT2D eigenvalue weighted by Crippen LogP contribution is 2.33. The monoisotopic (exact) mass is 470 g/mol. The summed E-state index contributed by atoms with van der Waals surface area (Å²) in [6, 6.07) is 8.50. The first-order chi connectivity index (χ1) is 16.1. The minimum Gasteiger partial charge on any atom is -0.438 e. The van der Waals surface area contributed by atoms with Crippen molar-refractivity contribution in [1.29, 1.82) is 4.78 Å². The molecule has 1 atom stereocenters. The molecule has 3 rings (SSSR count). The number of nitrogens with one attached hydrogen (secondary N) is 2. The second-order valence-electron chi connectivity index (χ2n) is 6.62. The number of aromatic nitrogens is 1. The van der Waals surface area contributed by atoms with Gasteiger partial charge in [-0.1, -0.05) is 6.07 Å². The van der Waals surface area contributed by atoms with Gasteiger partial charge >= 0.3 is 6.18 Å². The van der Waals surface area contributed by atoms with Crippen LogP contribution in [0.4, 0.5) is 23.2 Å². The van der Waals surface area contributed by atoms with Gasteiger partial charge in [-0.15, -0.1) is 0 Å². The van der Waals surface area contributed by atoms with Crippen LogP contribution in [0, 0.1) is 17.5 Å². The van der Waals surface area contributed by atoms with E-state index >= 15 is 0 Å². The molecule has 0 unspecified atom stereocenters. The van der Waals surface area contributed by atoms with E-state index in [1.54, 1.807) is 0 Å². The molecule has 0 fully saturated rings. The van der Waals surface area contributed by atoms with Gasteiger partial charge in [-0.2, -0.15) is 13.2 Å². The average Bonchev–Trinajstić information content (AvgIpc) is 2.74. The third kappa shape index (κ3) is 5.41. The summed E-state index contributed by atoms with van der Waals surface area (Å²) in [5.41, 5.74) is -1.70. The third-order valence-corrected chi connectivity index (χ3v) is 5.11. The molecule has 1 amide bonds. The van der Waals surface area contributed by atoms with Crippen molar-refractivity contribution in [2.45, 2.75) is 18.0 Å². The van der Waals surface area contributed by atoms with E-state index in [-0.39, 0.29) is 11.4 Å². The highest BCUT2D eigenvalue weighted by atomic mass is 32.2. The highest BCUT2D eigenvalue weighted by molar-refractivity contribution is 7.91. The summed E-state index contributed by atoms with van der Waals surface area (Å²) >= 11 is 0. The largest absolute Gasteiger partial charge is 0.438 e. The van der Waals surface area contributed by atoms with Crippen molar-refractivity contribution in [3.63, 3.8) is 0 Å². The van der Waals surface area contributed by atoms with E-state index in [2.05, 4.69) is 10.3 Å². The van der Waals surface area contributed by atoms with Crippen molar-refractivity contribution in [2.24, 2.45) is 0 Å². The van der Waals surface area contributed by atoms with Crippen LogP contribution in [0.5, 0.6) is 11.6 Å². The topological polar surface area (TPSA) is 92.1 Å². The van der Waals surface area contributed by atoms with Gasteiger partial charge in [-0.05, 0) is 55.0 Å². The zero-order valence-electron chi connectivity index (χ0n) is 19.3. The van der Waals surface area contributed by atoms with Crippen molar-refractivity contribution < 1.29 is 35.4 Å². The lowest BCUT2D eigenvalue weighted by Gasteiger charge is -2.15. The third-order valence-electron chi connectivity index (χ3n) is 4.19. The van der Waals surface area contributed by atoms with Crippen molar-refractivity contribution >= 4 is 21.3 Å². The molecule has 1 heterocycles. The molecule has 0 aliphatic carbocycles. The second kappa shape index (κ2) is 8.58. The van der Waals surface area contributed by atoms with Gasteiger partial charge in [0, 0.05) is 27.1 Å². The summed E-state index contributed by atoms with van der Waals surface area (Å²) in [5.74, 6) is -2.15. The molecule has 0 spiro atoms. The number of hydrogen-bond donors (Lipinski definition) is 2. The van der Waals surface area contributed by atoms with Crippen molar-refractivity contribution in [3.05, 3.63) is 77.2 Å². The van der Waals surface area contributed by atoms with Crippen LogP contribution in [-0.2, 0) is 15.9 Å². The molecular formula is C21H17F4N3O3S. The minimum atomic E-state index is -4.83. The Labute approximate surface area is 185 Å². The van der Waals surface area contributed by atoms with Crippen LogP contribution < -0.4 is 10.1 Å². The molecule has 0 radical (unpaired) electrons. The number of ether oxygens (including phenoxy) is 1. The van der Waals surface area contributed by atoms with E-state index in [9.17, 15) is 26.6 Å². The van der Waals surface area contributed by atoms with Crippen LogP contribution >= 0.6 is 0 Å². The Hall–Kier alpha value is -3.47. The van der Waals surface area contributed by atoms with E-state index in [0.717, 1.165) is 24.3 Å². The first-order valence-corrected chi connectivity index (χ1v) is 10.4. The normalized spacial score (nSPS) is 15.1. The molecule has 168 valence electrons. The summed E-state index contributed by atoms with van der Waals surface area (Å²) in [5, 5.41) is 2.27. The maximum absolute atomic E-state index is 13.4. The van der Waals surface area contributed by atoms with Crippen LogP contribution in [0.1, 0.15) is 25.6 Å². The molecule has 0 aliphatic heterocycles. The minimum absolute atomic E-state index is 0.0429. The van der Waals surface area contributed by atoms with E-state index < -0.39 is 55.7 Å². The van der Waals surface area contributed by atoms with Crippen molar-refractivity contribution in [1.82, 2.24) is 4.98 Å². The van der Waals surface area contributed by atoms with Gasteiger partial charge in [0.25, 0.3) is 5.91 Å². The lowest BCUT2D eigenvalue weighted by atomic mass is 10.1. The number of pyridine rings is 1. The fourth-order valence-corrected chi connectivity index (χ4v) is 3.20. The Morgan fingerprint density at radius 2 is 1.97 bits per heavy atom. The Kier molecular flexibility index (Phi) is 5.16. The van der Waals surface area contributed by atoms with Gasteiger partial charge in [-0.25, -0.2) is 18.4 Å². The Balaban J connectivity index is 2.01. The fourth-order valence-electron chi connectivity index (χ4n) is 2.63. The standard InChI is InChI=1S/C21H17F4N3O3S/c1-12-8-14(22)6-7-18(12)31-20-17(9-13(11-27-20)21(23,24)25)19(29)28-15-4-3-5-16(10-15)32(2,26)30/h3-11,26H,1-2H3,(H,28,29)/t32-/m0/s1/i2D3. The summed E-state index contributed by atoms with van der Waals surface area (Å²) < 4.78 is 101. The van der Waals surface area contributed by atoms with E-state index in [1.807, 2.05) is 0 Å². The molecule has 11 heteroatoms. The predicted molar refractivity (Wildman–Crippen MR) is 110 cm³/mol. The fraction of sp³-hybridized carbons (Fsp3) is 0.143. The van der Waals surface area contributed by atoms with Crippen molar-refractivity contribution in [3.8, 4) is 11.6 Å². The van der Waals surface area contributed by atoms with Gasteiger partial charge in [0.15, 0.2) is 0 Å². The number of amides is 1. The van der Waals surface area contributed by atoms with Crippen LogP contribution in [0.15, 0.2) is 59.6 Å². The number of rotatable bonds is 5. The quantitative estimate of drug-likeness (QED) is 0.473. The zero-order valence-corrected chi connectivity index (χ0v) is 17.1. The molecule has 3 aromatic rings. The van der Waals surface area contributed by atoms with Gasteiger partial charge in [-0.3, -0.25) is 4.79 Å². The number of alkyl halides is 3. The number of hydrogen-bond acceptors (Lipinski definition) is 5. The molecule has 6 nitrogen and oxygen atoms in total. The summed E-state index contributed by atoms with van der Waals surface area (Å²) in [6.45, 7) is 1.48. The molecule has 0 saturated carbocycles. The molecule has 0 bridgehead atoms. The molecule has 0 aliphatic rings. The SMILES string of the molecule is [2H]C([2H])([2H])[S@](=N)(=O)c1cccc(NC(=O)c2cc(C(F)(F)F)cnc2Oc2ccc(F)cc2C)c1. The van der Waals surface area contributed by atoms with Gasteiger partial charge in [0.2, 0.25) is 5.88 Å². The number of halogens is 4. The van der Waals surface area contributed by atoms with Gasteiger partial charge in [0.1, 0.15) is 17.1 Å². The molecular weight excluding hydrogens is 450 g/mol. The first-order valence-electron chi connectivity index (χ1n) is 10.3. The Morgan fingerprint density at radius 1 is 1.22 bits per heavy atom. The van der Waals surface area contributed by atoms with E-state index in [4.69, 9.17) is 13.6 Å². The van der Waals surface area contributed by atoms with Gasteiger partial charge < -0.3 is 10.1 Å². The molecule has 32 heavy (non-hydrogen) atoms. The van der Waals surface area contributed by atoms with Gasteiger partial charge in [0.05, 0.1) is 15.3 Å². The lowest BCUT2D eigenvalue weighted by molar-refractivity contribution is -0.137. The lowest BCUT2D eigenvalue weighted by Crippen LogP contribution is -2.16. The molecule has 2 aromatic carbocycles. The Bertz CT molecular complexity index is 1390. The van der Waals surface area contributed by atoms with E-state index in [1.165, 1.54) is 25.1 Å². The zero-order chi connectivity index (χ0) is 26.2. The number of benzene rings is 2. The molecule has 1 aromatic heterocycles. The summed E-state index contributed by atoms with van der Waals surface area (Å²) in [7, 11) is -4.25. The first kappa shape index (κ1) is 19.2. The highest BCUT2D eigenvalue weighted by Gasteiger charge is 2.33. The Morgan fingerprint density at radius 3 is 2.62 bits per heavy atom. The number of carbonyl (C=O) groups is 1. The number of aryl methyl sites for hydroxylation is 1. The average molecular weight is 470 g/mol. The summed E-state index contributed by atoms with van der Waals surface area (Å²) in [6.07, 6.45) is -7.51. The van der Waals surface area contributed by atoms with Crippen LogP contribution in [0.25, 0.3) is 0 Å². The maximum Gasteiger partial charge on any atom is 0.417 e. The second-order valence-corrected chi connectivity index (χ2v) is 8.21. The maximum atomic E-state index is 13.4. The number of nitrogens with zero attached hydrogens (tertiary/aromatic N) is 1. The number of carbonyl (C=O) groups excluding carboxylic acids is 1. The molecule has 2 N–H and O–H groups in total. The van der Waals surface area contributed by atoms with Crippen LogP contribution in [0.3, 0.4) is 0 Å². The number of anilines is 1. The smallest absolute Gasteiger partial charge is 0.417 e. The van der Waals surface area contributed by atoms with Crippen LogP contribution in [0.2, 0.25) is 0 Å². The predicted octanol–water partition coefficient (Wildman–Crippen LogP) is 5.63.